The van der Waals surface area contributed by atoms with Crippen molar-refractivity contribution < 1.29 is 18.0 Å². The number of rotatable bonds is 5. The van der Waals surface area contributed by atoms with E-state index in [0.717, 1.165) is 35.6 Å². The van der Waals surface area contributed by atoms with E-state index in [0.29, 0.717) is 5.16 Å². The molecule has 2 aromatic carbocycles. The third-order valence-corrected chi connectivity index (χ3v) is 4.56. The van der Waals surface area contributed by atoms with Crippen molar-refractivity contribution in [1.82, 2.24) is 14.8 Å². The Morgan fingerprint density at radius 2 is 1.93 bits per heavy atom. The first-order chi connectivity index (χ1) is 12.8. The van der Waals surface area contributed by atoms with Crippen LogP contribution in [0.15, 0.2) is 60.0 Å². The zero-order chi connectivity index (χ0) is 19.4. The number of thioether (sulfide) groups is 1. The fourth-order valence-electron chi connectivity index (χ4n) is 2.13. The van der Waals surface area contributed by atoms with Crippen LogP contribution in [0.5, 0.6) is 0 Å². The highest BCUT2D eigenvalue weighted by atomic mass is 35.5. The monoisotopic (exact) mass is 412 g/mol. The normalized spacial score (nSPS) is 11.4. The third-order valence-electron chi connectivity index (χ3n) is 3.39. The van der Waals surface area contributed by atoms with Gasteiger partial charge in [-0.1, -0.05) is 41.6 Å². The van der Waals surface area contributed by atoms with E-state index in [1.54, 1.807) is 4.68 Å². The lowest BCUT2D eigenvalue weighted by molar-refractivity contribution is -0.137. The van der Waals surface area contributed by atoms with Crippen LogP contribution in [-0.4, -0.2) is 26.4 Å². The van der Waals surface area contributed by atoms with E-state index < -0.39 is 17.6 Å². The second kappa shape index (κ2) is 8.01. The molecule has 1 amide bonds. The molecule has 140 valence electrons. The summed E-state index contributed by atoms with van der Waals surface area (Å²) in [5, 5.41) is 6.94. The fraction of sp³-hybridized carbons (Fsp3) is 0.118. The minimum Gasteiger partial charge on any atom is -0.324 e. The maximum Gasteiger partial charge on any atom is 0.416 e. The summed E-state index contributed by atoms with van der Waals surface area (Å²) in [4.78, 5) is 16.1. The van der Waals surface area contributed by atoms with Crippen LogP contribution in [-0.2, 0) is 11.0 Å². The van der Waals surface area contributed by atoms with Crippen LogP contribution in [0.4, 0.5) is 18.9 Å². The Bertz CT molecular complexity index is 947. The molecule has 1 heterocycles. The van der Waals surface area contributed by atoms with Gasteiger partial charge in [0.05, 0.1) is 27.7 Å². The lowest BCUT2D eigenvalue weighted by Gasteiger charge is -2.10. The highest BCUT2D eigenvalue weighted by Gasteiger charge is 2.31. The first-order valence-electron chi connectivity index (χ1n) is 7.59. The molecule has 0 aliphatic carbocycles. The van der Waals surface area contributed by atoms with Gasteiger partial charge >= 0.3 is 6.18 Å². The maximum absolute atomic E-state index is 12.6. The molecule has 3 aromatic rings. The van der Waals surface area contributed by atoms with Crippen LogP contribution < -0.4 is 5.32 Å². The highest BCUT2D eigenvalue weighted by molar-refractivity contribution is 7.99. The predicted molar refractivity (Wildman–Crippen MR) is 97.2 cm³/mol. The predicted octanol–water partition coefficient (Wildman–Crippen LogP) is 4.67. The Labute approximate surface area is 161 Å². The summed E-state index contributed by atoms with van der Waals surface area (Å²) in [5.74, 6) is -0.450. The van der Waals surface area contributed by atoms with Crippen molar-refractivity contribution in [2.24, 2.45) is 0 Å². The average molecular weight is 413 g/mol. The van der Waals surface area contributed by atoms with Crippen molar-refractivity contribution in [3.63, 3.8) is 0 Å². The number of carbonyl (C=O) groups is 1. The van der Waals surface area contributed by atoms with E-state index in [9.17, 15) is 18.0 Å². The van der Waals surface area contributed by atoms with Crippen LogP contribution in [0.25, 0.3) is 5.69 Å². The van der Waals surface area contributed by atoms with E-state index >= 15 is 0 Å². The van der Waals surface area contributed by atoms with Gasteiger partial charge in [-0.05, 0) is 30.3 Å². The van der Waals surface area contributed by atoms with Crippen molar-refractivity contribution in [2.75, 3.05) is 11.1 Å². The van der Waals surface area contributed by atoms with E-state index in [2.05, 4.69) is 15.4 Å². The van der Waals surface area contributed by atoms with Gasteiger partial charge in [0.2, 0.25) is 11.1 Å². The molecule has 27 heavy (non-hydrogen) atoms. The molecule has 0 bridgehead atoms. The molecule has 0 unspecified atom stereocenters. The molecular formula is C17H12ClF3N4OS. The van der Waals surface area contributed by atoms with E-state index in [1.165, 1.54) is 6.33 Å². The average Bonchev–Trinajstić information content (AvgIpc) is 3.11. The van der Waals surface area contributed by atoms with Gasteiger partial charge in [-0.15, -0.1) is 5.10 Å². The van der Waals surface area contributed by atoms with Gasteiger partial charge in [0.15, 0.2) is 0 Å². The summed E-state index contributed by atoms with van der Waals surface area (Å²) in [7, 11) is 0. The minimum absolute atomic E-state index is 0.0177. The Kier molecular flexibility index (Phi) is 5.71. The van der Waals surface area contributed by atoms with Crippen molar-refractivity contribution in [3.8, 4) is 5.69 Å². The highest BCUT2D eigenvalue weighted by Crippen LogP contribution is 2.33. The minimum atomic E-state index is -4.49. The molecule has 1 aromatic heterocycles. The van der Waals surface area contributed by atoms with E-state index in [-0.39, 0.29) is 16.5 Å². The molecule has 1 N–H and O–H groups in total. The van der Waals surface area contributed by atoms with Gasteiger partial charge in [0, 0.05) is 0 Å². The van der Waals surface area contributed by atoms with E-state index in [4.69, 9.17) is 11.6 Å². The van der Waals surface area contributed by atoms with Crippen molar-refractivity contribution in [3.05, 3.63) is 65.4 Å². The molecule has 0 saturated carbocycles. The number of halogens is 4. The second-order valence-electron chi connectivity index (χ2n) is 5.34. The molecule has 0 fully saturated rings. The van der Waals surface area contributed by atoms with E-state index in [1.807, 2.05) is 30.3 Å². The van der Waals surface area contributed by atoms with Gasteiger partial charge in [-0.2, -0.15) is 13.2 Å². The van der Waals surface area contributed by atoms with Crippen LogP contribution in [0, 0.1) is 0 Å². The number of aromatic nitrogens is 3. The summed E-state index contributed by atoms with van der Waals surface area (Å²) < 4.78 is 39.5. The summed E-state index contributed by atoms with van der Waals surface area (Å²) in [6.07, 6.45) is -2.96. The molecule has 0 radical (unpaired) electrons. The van der Waals surface area contributed by atoms with Crippen LogP contribution >= 0.6 is 23.4 Å². The molecule has 0 spiro atoms. The summed E-state index contributed by atoms with van der Waals surface area (Å²) >= 11 is 6.92. The number of alkyl halides is 3. The van der Waals surface area contributed by atoms with Crippen LogP contribution in [0.1, 0.15) is 5.56 Å². The summed E-state index contributed by atoms with van der Waals surface area (Å²) in [6, 6.07) is 12.1. The summed E-state index contributed by atoms with van der Waals surface area (Å²) in [6.45, 7) is 0. The second-order valence-corrected chi connectivity index (χ2v) is 6.69. The van der Waals surface area contributed by atoms with Gasteiger partial charge in [-0.3, -0.25) is 4.79 Å². The standard InChI is InChI=1S/C17H12ClF3N4OS/c18-13-8-11(17(19,20)21)6-7-14(13)23-15(26)9-27-16-22-10-25(24-16)12-4-2-1-3-5-12/h1-8,10H,9H2,(H,23,26). The van der Waals surface area contributed by atoms with Crippen molar-refractivity contribution in [1.29, 1.82) is 0 Å². The number of carbonyl (C=O) groups excluding carboxylic acids is 1. The van der Waals surface area contributed by atoms with Crippen LogP contribution in [0.2, 0.25) is 5.02 Å². The Hall–Kier alpha value is -2.52. The molecule has 3 rings (SSSR count). The zero-order valence-electron chi connectivity index (χ0n) is 13.6. The Balaban J connectivity index is 1.58. The number of benzene rings is 2. The number of para-hydroxylation sites is 1. The molecule has 5 nitrogen and oxygen atoms in total. The first kappa shape index (κ1) is 19.2. The molecular weight excluding hydrogens is 401 g/mol. The lowest BCUT2D eigenvalue weighted by atomic mass is 10.2. The lowest BCUT2D eigenvalue weighted by Crippen LogP contribution is -2.15. The quantitative estimate of drug-likeness (QED) is 0.619. The third kappa shape index (κ3) is 5.01. The van der Waals surface area contributed by atoms with Gasteiger partial charge in [0.25, 0.3) is 0 Å². The van der Waals surface area contributed by atoms with Crippen molar-refractivity contribution in [2.45, 2.75) is 11.3 Å². The van der Waals surface area contributed by atoms with Gasteiger partial charge in [-0.25, -0.2) is 9.67 Å². The Morgan fingerprint density at radius 3 is 2.59 bits per heavy atom. The largest absolute Gasteiger partial charge is 0.416 e. The number of anilines is 1. The SMILES string of the molecule is O=C(CSc1ncn(-c2ccccc2)n1)Nc1ccc(C(F)(F)F)cc1Cl. The Morgan fingerprint density at radius 1 is 1.19 bits per heavy atom. The summed E-state index contributed by atoms with van der Waals surface area (Å²) in [5.41, 5.74) is 0.0615. The van der Waals surface area contributed by atoms with Crippen LogP contribution in [0.3, 0.4) is 0 Å². The maximum atomic E-state index is 12.6. The number of hydrogen-bond donors (Lipinski definition) is 1. The van der Waals surface area contributed by atoms with Gasteiger partial charge in [0.1, 0.15) is 6.33 Å². The number of hydrogen-bond acceptors (Lipinski definition) is 4. The first-order valence-corrected chi connectivity index (χ1v) is 8.96. The van der Waals surface area contributed by atoms with Crippen molar-refractivity contribution >= 4 is 35.0 Å². The topological polar surface area (TPSA) is 59.8 Å². The molecule has 0 aliphatic rings. The molecule has 10 heteroatoms. The van der Waals surface area contributed by atoms with Gasteiger partial charge < -0.3 is 5.32 Å². The molecule has 0 atom stereocenters. The number of nitrogens with zero attached hydrogens (tertiary/aromatic N) is 3. The molecule has 0 saturated heterocycles. The fourth-order valence-corrected chi connectivity index (χ4v) is 2.96. The zero-order valence-corrected chi connectivity index (χ0v) is 15.1. The smallest absolute Gasteiger partial charge is 0.324 e. The number of amides is 1. The molecule has 0 aliphatic heterocycles. The number of nitrogens with one attached hydrogen (secondary N) is 1.